The van der Waals surface area contributed by atoms with E-state index in [0.29, 0.717) is 29.7 Å². The number of methoxy groups -OCH3 is 3. The Bertz CT molecular complexity index is 629. The van der Waals surface area contributed by atoms with Gasteiger partial charge < -0.3 is 29.6 Å². The van der Waals surface area contributed by atoms with Crippen LogP contribution in [0, 0.1) is 5.92 Å². The van der Waals surface area contributed by atoms with Crippen LogP contribution in [0.3, 0.4) is 0 Å². The summed E-state index contributed by atoms with van der Waals surface area (Å²) in [6.07, 6.45) is 0. The summed E-state index contributed by atoms with van der Waals surface area (Å²) in [5.74, 6) is 3.17. The highest BCUT2D eigenvalue weighted by Gasteiger charge is 2.15. The molecule has 0 radical (unpaired) electrons. The topological polar surface area (TPSA) is 76.6 Å². The van der Waals surface area contributed by atoms with Gasteiger partial charge in [0.1, 0.15) is 0 Å². The third-order valence-corrected chi connectivity index (χ3v) is 4.78. The highest BCUT2D eigenvalue weighted by atomic mass is 127. The predicted octanol–water partition coefficient (Wildman–Crippen LogP) is 2.35. The van der Waals surface area contributed by atoms with E-state index in [9.17, 15) is 0 Å². The van der Waals surface area contributed by atoms with Crippen molar-refractivity contribution in [3.63, 3.8) is 0 Å². The summed E-state index contributed by atoms with van der Waals surface area (Å²) in [7, 11) is 4.83. The van der Waals surface area contributed by atoms with Crippen LogP contribution in [0.5, 0.6) is 17.2 Å². The molecule has 8 nitrogen and oxygen atoms in total. The molecule has 1 atom stereocenters. The van der Waals surface area contributed by atoms with Crippen LogP contribution in [-0.4, -0.2) is 78.1 Å². The third kappa shape index (κ3) is 8.35. The second-order valence-corrected chi connectivity index (χ2v) is 7.13. The Morgan fingerprint density at radius 2 is 1.73 bits per heavy atom. The summed E-state index contributed by atoms with van der Waals surface area (Å²) in [4.78, 5) is 7.17. The number of morpholine rings is 1. The summed E-state index contributed by atoms with van der Waals surface area (Å²) in [5.41, 5.74) is 0.984. The van der Waals surface area contributed by atoms with Crippen molar-refractivity contribution in [2.75, 3.05) is 67.3 Å². The summed E-state index contributed by atoms with van der Waals surface area (Å²) in [6, 6.07) is 3.85. The Morgan fingerprint density at radius 1 is 1.10 bits per heavy atom. The molecule has 1 aliphatic heterocycles. The maximum Gasteiger partial charge on any atom is 0.203 e. The zero-order valence-corrected chi connectivity index (χ0v) is 21.2. The van der Waals surface area contributed by atoms with Crippen LogP contribution in [-0.2, 0) is 11.3 Å². The number of aliphatic imine (C=N–C) groups is 1. The van der Waals surface area contributed by atoms with Crippen LogP contribution >= 0.6 is 24.0 Å². The number of hydrogen-bond acceptors (Lipinski definition) is 6. The van der Waals surface area contributed by atoms with Crippen molar-refractivity contribution in [2.24, 2.45) is 10.9 Å². The zero-order chi connectivity index (χ0) is 21.1. The second kappa shape index (κ2) is 14.5. The lowest BCUT2D eigenvalue weighted by Crippen LogP contribution is -2.44. The highest BCUT2D eigenvalue weighted by Crippen LogP contribution is 2.38. The first-order valence-electron chi connectivity index (χ1n) is 10.2. The number of rotatable bonds is 10. The van der Waals surface area contributed by atoms with Gasteiger partial charge in [0.15, 0.2) is 17.5 Å². The minimum absolute atomic E-state index is 0. The largest absolute Gasteiger partial charge is 0.493 e. The van der Waals surface area contributed by atoms with E-state index in [-0.39, 0.29) is 24.0 Å². The Kier molecular flexibility index (Phi) is 12.9. The minimum Gasteiger partial charge on any atom is -0.493 e. The Hall–Kier alpha value is -1.46. The molecule has 1 unspecified atom stereocenters. The van der Waals surface area contributed by atoms with Crippen molar-refractivity contribution in [2.45, 2.75) is 20.4 Å². The molecule has 0 bridgehead atoms. The van der Waals surface area contributed by atoms with Gasteiger partial charge in [-0.2, -0.15) is 0 Å². The van der Waals surface area contributed by atoms with E-state index >= 15 is 0 Å². The Balaban J connectivity index is 0.00000450. The fraction of sp³-hybridized carbons (Fsp3) is 0.667. The fourth-order valence-electron chi connectivity index (χ4n) is 3.30. The number of ether oxygens (including phenoxy) is 4. The second-order valence-electron chi connectivity index (χ2n) is 7.13. The normalized spacial score (nSPS) is 15.7. The summed E-state index contributed by atoms with van der Waals surface area (Å²) >= 11 is 0. The number of halogens is 1. The van der Waals surface area contributed by atoms with Crippen LogP contribution in [0.15, 0.2) is 17.1 Å². The van der Waals surface area contributed by atoms with Crippen LogP contribution in [0.1, 0.15) is 19.4 Å². The Morgan fingerprint density at radius 3 is 2.27 bits per heavy atom. The van der Waals surface area contributed by atoms with E-state index in [1.54, 1.807) is 21.3 Å². The molecule has 30 heavy (non-hydrogen) atoms. The van der Waals surface area contributed by atoms with Crippen molar-refractivity contribution < 1.29 is 18.9 Å². The summed E-state index contributed by atoms with van der Waals surface area (Å²) < 4.78 is 21.7. The molecule has 0 aliphatic carbocycles. The number of guanidine groups is 1. The third-order valence-electron chi connectivity index (χ3n) is 4.78. The van der Waals surface area contributed by atoms with Crippen molar-refractivity contribution in [1.29, 1.82) is 0 Å². The molecule has 1 aliphatic rings. The SMILES string of the molecule is CCNC(=NCc1cc(OC)c(OC)c(OC)c1)NCC(C)CN1CCOCC1.I. The van der Waals surface area contributed by atoms with Gasteiger partial charge in [-0.3, -0.25) is 4.90 Å². The van der Waals surface area contributed by atoms with E-state index < -0.39 is 0 Å². The molecule has 0 spiro atoms. The average Bonchev–Trinajstić information content (AvgIpc) is 2.75. The minimum atomic E-state index is 0. The van der Waals surface area contributed by atoms with Gasteiger partial charge in [0.05, 0.1) is 41.1 Å². The molecule has 1 aromatic rings. The molecular formula is C21H37IN4O4. The molecule has 1 saturated heterocycles. The lowest BCUT2D eigenvalue weighted by molar-refractivity contribution is 0.0320. The number of nitrogens with one attached hydrogen (secondary N) is 2. The molecule has 9 heteroatoms. The molecular weight excluding hydrogens is 499 g/mol. The quantitative estimate of drug-likeness (QED) is 0.270. The van der Waals surface area contributed by atoms with Gasteiger partial charge in [0, 0.05) is 32.7 Å². The number of hydrogen-bond donors (Lipinski definition) is 2. The zero-order valence-electron chi connectivity index (χ0n) is 18.8. The first-order valence-corrected chi connectivity index (χ1v) is 10.2. The van der Waals surface area contributed by atoms with Crippen LogP contribution in [0.2, 0.25) is 0 Å². The first kappa shape index (κ1) is 26.6. The van der Waals surface area contributed by atoms with Crippen LogP contribution < -0.4 is 24.8 Å². The van der Waals surface area contributed by atoms with E-state index in [2.05, 4.69) is 29.4 Å². The first-order chi connectivity index (χ1) is 14.1. The van der Waals surface area contributed by atoms with Crippen molar-refractivity contribution in [3.05, 3.63) is 17.7 Å². The number of benzene rings is 1. The molecule has 0 aromatic heterocycles. The molecule has 1 aromatic carbocycles. The monoisotopic (exact) mass is 536 g/mol. The van der Waals surface area contributed by atoms with Gasteiger partial charge in [-0.25, -0.2) is 4.99 Å². The number of nitrogens with zero attached hydrogens (tertiary/aromatic N) is 2. The molecule has 0 saturated carbocycles. The van der Waals surface area contributed by atoms with E-state index in [0.717, 1.165) is 57.5 Å². The molecule has 1 heterocycles. The Labute approximate surface area is 197 Å². The van der Waals surface area contributed by atoms with Gasteiger partial charge in [-0.1, -0.05) is 6.92 Å². The van der Waals surface area contributed by atoms with Gasteiger partial charge in [-0.15, -0.1) is 24.0 Å². The van der Waals surface area contributed by atoms with Gasteiger partial charge in [-0.05, 0) is 30.5 Å². The maximum absolute atomic E-state index is 5.43. The van der Waals surface area contributed by atoms with E-state index in [4.69, 9.17) is 23.9 Å². The molecule has 2 N–H and O–H groups in total. The predicted molar refractivity (Wildman–Crippen MR) is 131 cm³/mol. The average molecular weight is 536 g/mol. The molecule has 2 rings (SSSR count). The summed E-state index contributed by atoms with van der Waals surface area (Å²) in [6.45, 7) is 11.2. The van der Waals surface area contributed by atoms with Crippen LogP contribution in [0.4, 0.5) is 0 Å². The standard InChI is InChI=1S/C21H36N4O4.HI/c1-6-22-21(23-13-16(2)15-25-7-9-29-10-8-25)24-14-17-11-18(26-3)20(28-5)19(12-17)27-4;/h11-12,16H,6-10,13-15H2,1-5H3,(H2,22,23,24);1H. The van der Waals surface area contributed by atoms with Crippen molar-refractivity contribution >= 4 is 29.9 Å². The maximum atomic E-state index is 5.43. The van der Waals surface area contributed by atoms with Crippen molar-refractivity contribution in [1.82, 2.24) is 15.5 Å². The van der Waals surface area contributed by atoms with E-state index in [1.807, 2.05) is 12.1 Å². The lowest BCUT2D eigenvalue weighted by atomic mass is 10.1. The molecule has 172 valence electrons. The van der Waals surface area contributed by atoms with Crippen LogP contribution in [0.25, 0.3) is 0 Å². The van der Waals surface area contributed by atoms with Gasteiger partial charge >= 0.3 is 0 Å². The van der Waals surface area contributed by atoms with Gasteiger partial charge in [0.2, 0.25) is 5.75 Å². The van der Waals surface area contributed by atoms with E-state index in [1.165, 1.54) is 0 Å². The fourth-order valence-corrected chi connectivity index (χ4v) is 3.30. The smallest absolute Gasteiger partial charge is 0.203 e. The molecule has 1 fully saturated rings. The molecule has 0 amide bonds. The highest BCUT2D eigenvalue weighted by molar-refractivity contribution is 14.0. The van der Waals surface area contributed by atoms with Gasteiger partial charge in [0.25, 0.3) is 0 Å². The van der Waals surface area contributed by atoms with Crippen molar-refractivity contribution in [3.8, 4) is 17.2 Å². The lowest BCUT2D eigenvalue weighted by Gasteiger charge is -2.29. The summed E-state index contributed by atoms with van der Waals surface area (Å²) in [5, 5.41) is 6.76.